The second-order valence-electron chi connectivity index (χ2n) is 5.47. The van der Waals surface area contributed by atoms with Crippen molar-refractivity contribution in [3.05, 3.63) is 16.3 Å². The van der Waals surface area contributed by atoms with Crippen molar-refractivity contribution in [3.63, 3.8) is 0 Å². The van der Waals surface area contributed by atoms with E-state index in [1.54, 1.807) is 0 Å². The van der Waals surface area contributed by atoms with Gasteiger partial charge in [0.15, 0.2) is 0 Å². The Labute approximate surface area is 94.8 Å². The van der Waals surface area contributed by atoms with Gasteiger partial charge in [0, 0.05) is 12.0 Å². The molecule has 1 saturated carbocycles. The number of nitrogens with zero attached hydrogens (tertiary/aromatic N) is 1. The predicted octanol–water partition coefficient (Wildman–Crippen LogP) is 0.965. The third kappa shape index (κ3) is 1.69. The Morgan fingerprint density at radius 3 is 2.69 bits per heavy atom. The molecule has 3 unspecified atom stereocenters. The number of rotatable bonds is 1. The minimum absolute atomic E-state index is 0.0653. The van der Waals surface area contributed by atoms with Crippen molar-refractivity contribution in [2.45, 2.75) is 45.6 Å². The minimum atomic E-state index is -0.228. The highest BCUT2D eigenvalue weighted by atomic mass is 16.1. The molecule has 4 N–H and O–H groups in total. The zero-order chi connectivity index (χ0) is 11.9. The molecular formula is C11H20N4O. The van der Waals surface area contributed by atoms with E-state index in [4.69, 9.17) is 5.73 Å². The van der Waals surface area contributed by atoms with Gasteiger partial charge in [-0.3, -0.25) is 4.98 Å². The Morgan fingerprint density at radius 2 is 2.12 bits per heavy atom. The molecule has 5 nitrogen and oxygen atoms in total. The van der Waals surface area contributed by atoms with E-state index in [0.717, 1.165) is 18.7 Å². The largest absolute Gasteiger partial charge is 0.340 e. The molecule has 1 aliphatic rings. The van der Waals surface area contributed by atoms with Gasteiger partial charge in [-0.15, -0.1) is 0 Å². The summed E-state index contributed by atoms with van der Waals surface area (Å²) < 4.78 is 0. The summed E-state index contributed by atoms with van der Waals surface area (Å²) in [6.45, 7) is 6.59. The van der Waals surface area contributed by atoms with Crippen molar-refractivity contribution in [1.29, 1.82) is 0 Å². The van der Waals surface area contributed by atoms with Crippen LogP contribution in [0.5, 0.6) is 0 Å². The number of hydrogen-bond donors (Lipinski definition) is 3. The molecule has 1 aromatic heterocycles. The molecule has 0 radical (unpaired) electrons. The van der Waals surface area contributed by atoms with Crippen LogP contribution in [0.3, 0.4) is 0 Å². The number of aromatic nitrogens is 3. The molecule has 3 atom stereocenters. The van der Waals surface area contributed by atoms with Crippen molar-refractivity contribution < 1.29 is 0 Å². The van der Waals surface area contributed by atoms with Crippen molar-refractivity contribution in [3.8, 4) is 0 Å². The molecule has 0 bridgehead atoms. The molecule has 0 aliphatic heterocycles. The lowest BCUT2D eigenvalue weighted by molar-refractivity contribution is 0.0950. The van der Waals surface area contributed by atoms with Gasteiger partial charge in [-0.25, -0.2) is 9.89 Å². The fourth-order valence-electron chi connectivity index (χ4n) is 2.79. The first-order valence-corrected chi connectivity index (χ1v) is 5.83. The molecule has 1 aromatic rings. The Bertz CT molecular complexity index is 420. The first-order chi connectivity index (χ1) is 7.43. The standard InChI is InChI=1S/C11H20N4O/c1-6-8(12)5-4-7(11(6,2)3)9-13-10(16)15-14-9/h6-8H,4-5,12H2,1-3H3,(H2,13,14,15,16). The predicted molar refractivity (Wildman–Crippen MR) is 62.1 cm³/mol. The Hall–Kier alpha value is -1.10. The van der Waals surface area contributed by atoms with Gasteiger partial charge in [-0.2, -0.15) is 5.10 Å². The van der Waals surface area contributed by atoms with Crippen molar-refractivity contribution in [2.24, 2.45) is 17.1 Å². The molecule has 0 saturated heterocycles. The Balaban J connectivity index is 2.32. The zero-order valence-corrected chi connectivity index (χ0v) is 10.1. The molecule has 2 rings (SSSR count). The first-order valence-electron chi connectivity index (χ1n) is 5.83. The number of H-pyrrole nitrogens is 2. The quantitative estimate of drug-likeness (QED) is 0.664. The van der Waals surface area contributed by atoms with Crippen LogP contribution < -0.4 is 11.4 Å². The minimum Gasteiger partial charge on any atom is -0.327 e. The lowest BCUT2D eigenvalue weighted by Crippen LogP contribution is -2.46. The lowest BCUT2D eigenvalue weighted by atomic mass is 9.61. The third-order valence-corrected chi connectivity index (χ3v) is 4.35. The summed E-state index contributed by atoms with van der Waals surface area (Å²) in [6, 6.07) is 0.247. The molecule has 1 fully saturated rings. The maximum atomic E-state index is 11.1. The highest BCUT2D eigenvalue weighted by molar-refractivity contribution is 5.07. The summed E-state index contributed by atoms with van der Waals surface area (Å²) in [6.07, 6.45) is 1.98. The molecule has 90 valence electrons. The van der Waals surface area contributed by atoms with E-state index < -0.39 is 0 Å². The molecule has 0 spiro atoms. The van der Waals surface area contributed by atoms with Crippen molar-refractivity contribution in [2.75, 3.05) is 0 Å². The molecule has 16 heavy (non-hydrogen) atoms. The van der Waals surface area contributed by atoms with E-state index in [1.807, 2.05) is 0 Å². The number of aromatic amines is 2. The van der Waals surface area contributed by atoms with Gasteiger partial charge >= 0.3 is 5.69 Å². The van der Waals surface area contributed by atoms with E-state index in [2.05, 4.69) is 36.0 Å². The molecule has 1 heterocycles. The first kappa shape index (κ1) is 11.4. The third-order valence-electron chi connectivity index (χ3n) is 4.35. The highest BCUT2D eigenvalue weighted by Gasteiger charge is 2.43. The van der Waals surface area contributed by atoms with Crippen LogP contribution in [0.15, 0.2) is 4.79 Å². The molecule has 0 aromatic carbocycles. The molecular weight excluding hydrogens is 204 g/mol. The van der Waals surface area contributed by atoms with E-state index in [9.17, 15) is 4.79 Å². The fraction of sp³-hybridized carbons (Fsp3) is 0.818. The van der Waals surface area contributed by atoms with Crippen LogP contribution in [0.2, 0.25) is 0 Å². The Kier molecular flexibility index (Phi) is 2.66. The highest BCUT2D eigenvalue weighted by Crippen LogP contribution is 2.48. The number of nitrogens with one attached hydrogen (secondary N) is 2. The lowest BCUT2D eigenvalue weighted by Gasteiger charge is -2.45. The summed E-state index contributed by atoms with van der Waals surface area (Å²) in [5.74, 6) is 1.47. The van der Waals surface area contributed by atoms with Crippen molar-refractivity contribution >= 4 is 0 Å². The van der Waals surface area contributed by atoms with Gasteiger partial charge in [0.1, 0.15) is 5.82 Å². The van der Waals surface area contributed by atoms with Gasteiger partial charge in [0.05, 0.1) is 0 Å². The van der Waals surface area contributed by atoms with Gasteiger partial charge in [-0.05, 0) is 24.2 Å². The van der Waals surface area contributed by atoms with E-state index >= 15 is 0 Å². The normalized spacial score (nSPS) is 33.9. The number of nitrogens with two attached hydrogens (primary N) is 1. The summed E-state index contributed by atoms with van der Waals surface area (Å²) in [7, 11) is 0. The van der Waals surface area contributed by atoms with Gasteiger partial charge in [0.2, 0.25) is 0 Å². The maximum absolute atomic E-state index is 11.1. The van der Waals surface area contributed by atoms with Crippen LogP contribution in [0.4, 0.5) is 0 Å². The molecule has 1 aliphatic carbocycles. The SMILES string of the molecule is CC1C(N)CCC(c2n[nH]c(=O)[nH]2)C1(C)C. The Morgan fingerprint density at radius 1 is 1.44 bits per heavy atom. The van der Waals surface area contributed by atoms with Gasteiger partial charge < -0.3 is 5.73 Å². The smallest absolute Gasteiger partial charge is 0.327 e. The fourth-order valence-corrected chi connectivity index (χ4v) is 2.79. The summed E-state index contributed by atoms with van der Waals surface area (Å²) in [4.78, 5) is 13.9. The van der Waals surface area contributed by atoms with Crippen LogP contribution in [-0.4, -0.2) is 21.2 Å². The van der Waals surface area contributed by atoms with E-state index in [1.165, 1.54) is 0 Å². The van der Waals surface area contributed by atoms with Crippen LogP contribution in [-0.2, 0) is 0 Å². The maximum Gasteiger partial charge on any atom is 0.340 e. The van der Waals surface area contributed by atoms with Gasteiger partial charge in [0.25, 0.3) is 0 Å². The van der Waals surface area contributed by atoms with Crippen LogP contribution >= 0.6 is 0 Å². The topological polar surface area (TPSA) is 87.6 Å². The average molecular weight is 224 g/mol. The average Bonchev–Trinajstić information content (AvgIpc) is 2.61. The van der Waals surface area contributed by atoms with E-state index in [0.29, 0.717) is 5.92 Å². The second kappa shape index (κ2) is 3.73. The summed E-state index contributed by atoms with van der Waals surface area (Å²) >= 11 is 0. The van der Waals surface area contributed by atoms with Crippen molar-refractivity contribution in [1.82, 2.24) is 15.2 Å². The summed E-state index contributed by atoms with van der Waals surface area (Å²) in [5, 5.41) is 6.50. The van der Waals surface area contributed by atoms with Crippen LogP contribution in [0, 0.1) is 11.3 Å². The summed E-state index contributed by atoms with van der Waals surface area (Å²) in [5.41, 5.74) is 5.94. The second-order valence-corrected chi connectivity index (χ2v) is 5.47. The number of hydrogen-bond acceptors (Lipinski definition) is 3. The molecule has 5 heteroatoms. The van der Waals surface area contributed by atoms with Crippen LogP contribution in [0.25, 0.3) is 0 Å². The van der Waals surface area contributed by atoms with Crippen LogP contribution in [0.1, 0.15) is 45.4 Å². The van der Waals surface area contributed by atoms with E-state index in [-0.39, 0.29) is 23.1 Å². The monoisotopic (exact) mass is 224 g/mol. The van der Waals surface area contributed by atoms with Gasteiger partial charge in [-0.1, -0.05) is 20.8 Å². The zero-order valence-electron chi connectivity index (χ0n) is 10.1. The molecule has 0 amide bonds.